The topological polar surface area (TPSA) is 78.8 Å². The molecule has 0 bridgehead atoms. The Hall–Kier alpha value is -2.51. The van der Waals surface area contributed by atoms with Crippen molar-refractivity contribution in [3.05, 3.63) is 65.2 Å². The Morgan fingerprint density at radius 2 is 1.83 bits per heavy atom. The van der Waals surface area contributed by atoms with Crippen LogP contribution in [0.2, 0.25) is 0 Å². The second-order valence-electron chi connectivity index (χ2n) is 7.66. The van der Waals surface area contributed by atoms with Crippen LogP contribution in [0.5, 0.6) is 5.75 Å². The van der Waals surface area contributed by atoms with E-state index in [2.05, 4.69) is 5.32 Å². The number of nitrogens with one attached hydrogen (secondary N) is 1. The Bertz CT molecular complexity index is 833. The lowest BCUT2D eigenvalue weighted by Crippen LogP contribution is -2.45. The van der Waals surface area contributed by atoms with Crippen LogP contribution in [-0.2, 0) is 11.3 Å². The van der Waals surface area contributed by atoms with Gasteiger partial charge >= 0.3 is 0 Å². The first-order valence-electron chi connectivity index (χ1n) is 9.66. The summed E-state index contributed by atoms with van der Waals surface area (Å²) in [5.41, 5.74) is -0.00245. The molecule has 1 amide bonds. The third-order valence-corrected chi connectivity index (χ3v) is 5.36. The maximum Gasteiger partial charge on any atom is 0.251 e. The number of halogens is 2. The zero-order valence-corrected chi connectivity index (χ0v) is 16.0. The predicted octanol–water partition coefficient (Wildman–Crippen LogP) is 3.54. The van der Waals surface area contributed by atoms with E-state index in [0.29, 0.717) is 32.0 Å². The molecule has 1 aliphatic rings. The van der Waals surface area contributed by atoms with Crippen molar-refractivity contribution in [1.82, 2.24) is 5.32 Å². The largest absolute Gasteiger partial charge is 0.505 e. The van der Waals surface area contributed by atoms with Crippen LogP contribution in [0.4, 0.5) is 8.78 Å². The maximum absolute atomic E-state index is 13.4. The third kappa shape index (κ3) is 5.98. The van der Waals surface area contributed by atoms with E-state index in [1.54, 1.807) is 12.1 Å². The van der Waals surface area contributed by atoms with Gasteiger partial charge in [0.25, 0.3) is 5.91 Å². The van der Waals surface area contributed by atoms with Crippen LogP contribution >= 0.6 is 0 Å². The summed E-state index contributed by atoms with van der Waals surface area (Å²) < 4.78 is 32.0. The van der Waals surface area contributed by atoms with Gasteiger partial charge in [0.05, 0.1) is 12.2 Å². The fraction of sp³-hybridized carbons (Fsp3) is 0.409. The SMILES string of the molecule is O=C(NCC1(O)CCC(COCc2ccc(F)cc2)CC1)c1ccc(O)c(F)c1. The molecule has 29 heavy (non-hydrogen) atoms. The van der Waals surface area contributed by atoms with Gasteiger partial charge in [0, 0.05) is 18.7 Å². The van der Waals surface area contributed by atoms with Gasteiger partial charge in [-0.25, -0.2) is 8.78 Å². The molecule has 3 N–H and O–H groups in total. The summed E-state index contributed by atoms with van der Waals surface area (Å²) >= 11 is 0. The van der Waals surface area contributed by atoms with E-state index in [9.17, 15) is 23.8 Å². The fourth-order valence-corrected chi connectivity index (χ4v) is 3.48. The van der Waals surface area contributed by atoms with Crippen LogP contribution < -0.4 is 5.32 Å². The van der Waals surface area contributed by atoms with Crippen LogP contribution in [0.25, 0.3) is 0 Å². The molecule has 1 saturated carbocycles. The minimum Gasteiger partial charge on any atom is -0.505 e. The molecule has 0 aromatic heterocycles. The molecule has 0 spiro atoms. The van der Waals surface area contributed by atoms with Crippen molar-refractivity contribution in [1.29, 1.82) is 0 Å². The molecule has 0 saturated heterocycles. The van der Waals surface area contributed by atoms with Crippen LogP contribution in [0.1, 0.15) is 41.6 Å². The summed E-state index contributed by atoms with van der Waals surface area (Å²) in [7, 11) is 0. The highest BCUT2D eigenvalue weighted by molar-refractivity contribution is 5.94. The normalized spacial score (nSPS) is 21.7. The van der Waals surface area contributed by atoms with E-state index in [1.165, 1.54) is 18.2 Å². The molecule has 1 fully saturated rings. The maximum atomic E-state index is 13.4. The number of amides is 1. The molecule has 156 valence electrons. The number of carbonyl (C=O) groups excluding carboxylic acids is 1. The van der Waals surface area contributed by atoms with Crippen LogP contribution in [0.3, 0.4) is 0 Å². The molecule has 3 rings (SSSR count). The Balaban J connectivity index is 1.39. The van der Waals surface area contributed by atoms with Gasteiger partial charge in [0.1, 0.15) is 5.82 Å². The molecule has 0 heterocycles. The lowest BCUT2D eigenvalue weighted by molar-refractivity contribution is -0.0238. The Morgan fingerprint density at radius 1 is 1.14 bits per heavy atom. The van der Waals surface area contributed by atoms with Crippen LogP contribution in [-0.4, -0.2) is 34.9 Å². The third-order valence-electron chi connectivity index (χ3n) is 5.36. The van der Waals surface area contributed by atoms with Crippen molar-refractivity contribution < 1.29 is 28.5 Å². The molecule has 0 aliphatic heterocycles. The number of ether oxygens (including phenoxy) is 1. The Labute approximate surface area is 168 Å². The molecule has 0 atom stereocenters. The molecule has 1 aliphatic carbocycles. The highest BCUT2D eigenvalue weighted by Gasteiger charge is 2.33. The highest BCUT2D eigenvalue weighted by atomic mass is 19.1. The molecule has 5 nitrogen and oxygen atoms in total. The summed E-state index contributed by atoms with van der Waals surface area (Å²) in [5, 5.41) is 22.5. The first kappa shape index (κ1) is 21.2. The van der Waals surface area contributed by atoms with Gasteiger partial charge in [-0.15, -0.1) is 0 Å². The lowest BCUT2D eigenvalue weighted by Gasteiger charge is -2.36. The number of phenolic OH excluding ortho intramolecular Hbond substituents is 1. The quantitative estimate of drug-likeness (QED) is 0.658. The number of carbonyl (C=O) groups is 1. The van der Waals surface area contributed by atoms with E-state index >= 15 is 0 Å². The van der Waals surface area contributed by atoms with Gasteiger partial charge in [0.2, 0.25) is 0 Å². The van der Waals surface area contributed by atoms with Crippen LogP contribution in [0.15, 0.2) is 42.5 Å². The fourth-order valence-electron chi connectivity index (χ4n) is 3.48. The van der Waals surface area contributed by atoms with Crippen molar-refractivity contribution >= 4 is 5.91 Å². The van der Waals surface area contributed by atoms with Gasteiger partial charge in [-0.1, -0.05) is 12.1 Å². The number of phenols is 1. The highest BCUT2D eigenvalue weighted by Crippen LogP contribution is 2.32. The van der Waals surface area contributed by atoms with Gasteiger partial charge in [-0.3, -0.25) is 4.79 Å². The number of hydrogen-bond acceptors (Lipinski definition) is 4. The van der Waals surface area contributed by atoms with Crippen molar-refractivity contribution in [3.8, 4) is 5.75 Å². The first-order chi connectivity index (χ1) is 13.8. The van der Waals surface area contributed by atoms with Crippen molar-refractivity contribution in [2.24, 2.45) is 5.92 Å². The number of aromatic hydroxyl groups is 1. The van der Waals surface area contributed by atoms with E-state index in [-0.39, 0.29) is 17.9 Å². The van der Waals surface area contributed by atoms with Gasteiger partial charge in [0.15, 0.2) is 11.6 Å². The van der Waals surface area contributed by atoms with Crippen molar-refractivity contribution in [2.45, 2.75) is 37.9 Å². The zero-order chi connectivity index (χ0) is 20.9. The second-order valence-corrected chi connectivity index (χ2v) is 7.66. The second kappa shape index (κ2) is 9.33. The van der Waals surface area contributed by atoms with E-state index < -0.39 is 23.1 Å². The predicted molar refractivity (Wildman–Crippen MR) is 103 cm³/mol. The number of benzene rings is 2. The summed E-state index contributed by atoms with van der Waals surface area (Å²) in [4.78, 5) is 12.1. The summed E-state index contributed by atoms with van der Waals surface area (Å²) in [6.45, 7) is 1.06. The van der Waals surface area contributed by atoms with E-state index in [0.717, 1.165) is 30.5 Å². The molecule has 0 radical (unpaired) electrons. The Morgan fingerprint density at radius 3 is 2.48 bits per heavy atom. The standard InChI is InChI=1S/C22H25F2NO4/c23-18-4-1-15(2-5-18)12-29-13-16-7-9-22(28,10-8-16)14-25-21(27)17-3-6-20(26)19(24)11-17/h1-6,11,16,26,28H,7-10,12-14H2,(H,25,27). The average molecular weight is 405 g/mol. The summed E-state index contributed by atoms with van der Waals surface area (Å²) in [5.74, 6) is -1.83. The van der Waals surface area contributed by atoms with Gasteiger partial charge in [-0.2, -0.15) is 0 Å². The van der Waals surface area contributed by atoms with E-state index in [4.69, 9.17) is 4.74 Å². The average Bonchev–Trinajstić information content (AvgIpc) is 2.71. The minimum atomic E-state index is -1.00. The molecule has 7 heteroatoms. The minimum absolute atomic E-state index is 0.0808. The summed E-state index contributed by atoms with van der Waals surface area (Å²) in [6, 6.07) is 9.60. The molecule has 2 aromatic carbocycles. The van der Waals surface area contributed by atoms with Crippen molar-refractivity contribution in [3.63, 3.8) is 0 Å². The Kier molecular flexibility index (Phi) is 6.82. The lowest BCUT2D eigenvalue weighted by atomic mass is 9.79. The smallest absolute Gasteiger partial charge is 0.251 e. The monoisotopic (exact) mass is 405 g/mol. The van der Waals surface area contributed by atoms with Crippen LogP contribution in [0, 0.1) is 17.6 Å². The first-order valence-corrected chi connectivity index (χ1v) is 9.66. The molecule has 2 aromatic rings. The zero-order valence-electron chi connectivity index (χ0n) is 16.0. The van der Waals surface area contributed by atoms with E-state index in [1.807, 2.05) is 0 Å². The number of rotatable bonds is 7. The number of aliphatic hydroxyl groups is 1. The number of hydrogen-bond donors (Lipinski definition) is 3. The van der Waals surface area contributed by atoms with Gasteiger partial charge in [-0.05, 0) is 67.5 Å². The van der Waals surface area contributed by atoms with Gasteiger partial charge < -0.3 is 20.3 Å². The molecular formula is C22H25F2NO4. The summed E-state index contributed by atoms with van der Waals surface area (Å²) in [6.07, 6.45) is 2.59. The molecule has 0 unspecified atom stereocenters. The van der Waals surface area contributed by atoms with Crippen molar-refractivity contribution in [2.75, 3.05) is 13.2 Å². The molecular weight excluding hydrogens is 380 g/mol.